The van der Waals surface area contributed by atoms with Crippen molar-refractivity contribution in [3.05, 3.63) is 17.5 Å². The number of hydrogen-bond donors (Lipinski definition) is 2. The van der Waals surface area contributed by atoms with Gasteiger partial charge >= 0.3 is 6.03 Å². The van der Waals surface area contributed by atoms with Crippen LogP contribution in [0.5, 0.6) is 0 Å². The van der Waals surface area contributed by atoms with E-state index in [0.29, 0.717) is 26.1 Å². The molecule has 2 rings (SSSR count). The molecule has 2 heterocycles. The predicted molar refractivity (Wildman–Crippen MR) is 92.0 cm³/mol. The summed E-state index contributed by atoms with van der Waals surface area (Å²) in [6.07, 6.45) is 6.50. The number of urea groups is 1. The number of likely N-dealkylation sites (tertiary alicyclic amines) is 1. The molecule has 0 spiro atoms. The molecule has 2 N–H and O–H groups in total. The van der Waals surface area contributed by atoms with Gasteiger partial charge in [-0.15, -0.1) is 0 Å². The Bertz CT molecular complexity index is 671. The van der Waals surface area contributed by atoms with E-state index in [9.17, 15) is 13.2 Å². The topological polar surface area (TPSA) is 96.3 Å². The summed E-state index contributed by atoms with van der Waals surface area (Å²) >= 11 is 0. The molecule has 0 bridgehead atoms. The Morgan fingerprint density at radius 3 is 2.79 bits per heavy atom. The molecule has 1 aromatic rings. The van der Waals surface area contributed by atoms with Gasteiger partial charge in [0.15, 0.2) is 0 Å². The van der Waals surface area contributed by atoms with E-state index in [-0.39, 0.29) is 12.1 Å². The van der Waals surface area contributed by atoms with Gasteiger partial charge in [-0.2, -0.15) is 5.10 Å². The van der Waals surface area contributed by atoms with Gasteiger partial charge in [0.25, 0.3) is 0 Å². The number of carbonyl (C=O) groups excluding carboxylic acids is 1. The fourth-order valence-electron chi connectivity index (χ4n) is 2.97. The Morgan fingerprint density at radius 2 is 2.17 bits per heavy atom. The second-order valence-electron chi connectivity index (χ2n) is 6.34. The summed E-state index contributed by atoms with van der Waals surface area (Å²) in [7, 11) is -1.32. The van der Waals surface area contributed by atoms with Crippen molar-refractivity contribution in [1.29, 1.82) is 0 Å². The summed E-state index contributed by atoms with van der Waals surface area (Å²) in [6, 6.07) is -0.0229. The number of amides is 2. The lowest BCUT2D eigenvalue weighted by atomic mass is 10.00. The third-order valence-corrected chi connectivity index (χ3v) is 5.23. The molecule has 1 saturated heterocycles. The third-order valence-electron chi connectivity index (χ3n) is 4.50. The fraction of sp³-hybridized carbons (Fsp3) is 0.733. The van der Waals surface area contributed by atoms with E-state index in [1.807, 2.05) is 18.9 Å². The number of hydrogen-bond acceptors (Lipinski definition) is 4. The third kappa shape index (κ3) is 5.20. The second-order valence-corrected chi connectivity index (χ2v) is 8.17. The highest BCUT2D eigenvalue weighted by atomic mass is 32.2. The molecule has 1 aromatic heterocycles. The Kier molecular flexibility index (Phi) is 6.22. The first kappa shape index (κ1) is 18.7. The Balaban J connectivity index is 1.88. The highest BCUT2D eigenvalue weighted by Crippen LogP contribution is 2.19. The minimum absolute atomic E-state index is 0.0722. The molecule has 2 amide bonds. The molecule has 1 aliphatic rings. The molecule has 0 aromatic carbocycles. The Hall–Kier alpha value is -1.61. The van der Waals surface area contributed by atoms with Gasteiger partial charge in [0.05, 0.1) is 12.5 Å². The summed E-state index contributed by atoms with van der Waals surface area (Å²) in [5.74, 6) is 0. The number of aromatic nitrogens is 2. The smallest absolute Gasteiger partial charge is 0.317 e. The molecule has 1 fully saturated rings. The van der Waals surface area contributed by atoms with Crippen LogP contribution in [0.15, 0.2) is 6.20 Å². The first-order valence-electron chi connectivity index (χ1n) is 8.24. The zero-order valence-corrected chi connectivity index (χ0v) is 15.4. The van der Waals surface area contributed by atoms with Crippen molar-refractivity contribution < 1.29 is 13.2 Å². The maximum absolute atomic E-state index is 12.5. The van der Waals surface area contributed by atoms with Crippen LogP contribution in [0.3, 0.4) is 0 Å². The van der Waals surface area contributed by atoms with Gasteiger partial charge in [0.2, 0.25) is 10.0 Å². The largest absolute Gasteiger partial charge is 0.334 e. The lowest BCUT2D eigenvalue weighted by molar-refractivity contribution is 0.147. The summed E-state index contributed by atoms with van der Waals surface area (Å²) in [5, 5.41) is 7.13. The van der Waals surface area contributed by atoms with E-state index < -0.39 is 10.0 Å². The number of nitrogens with zero attached hydrogens (tertiary/aromatic N) is 3. The van der Waals surface area contributed by atoms with Crippen molar-refractivity contribution in [2.75, 3.05) is 19.3 Å². The van der Waals surface area contributed by atoms with Crippen LogP contribution in [0.25, 0.3) is 0 Å². The molecule has 0 radical (unpaired) electrons. The summed E-state index contributed by atoms with van der Waals surface area (Å²) in [5.41, 5.74) is 2.03. The Labute approximate surface area is 143 Å². The van der Waals surface area contributed by atoms with Crippen molar-refractivity contribution in [2.45, 2.75) is 45.2 Å². The fourth-order valence-corrected chi connectivity index (χ4v) is 3.46. The van der Waals surface area contributed by atoms with E-state index in [1.165, 1.54) is 0 Å². The molecule has 1 unspecified atom stereocenters. The molecule has 1 atom stereocenters. The molecule has 8 nitrogen and oxygen atoms in total. The second kappa shape index (κ2) is 7.98. The Morgan fingerprint density at radius 1 is 1.42 bits per heavy atom. The van der Waals surface area contributed by atoms with E-state index in [1.54, 1.807) is 10.9 Å². The lowest BCUT2D eigenvalue weighted by Crippen LogP contribution is -2.49. The number of nitrogens with one attached hydrogen (secondary N) is 2. The van der Waals surface area contributed by atoms with Crippen LogP contribution in [-0.4, -0.2) is 54.5 Å². The van der Waals surface area contributed by atoms with Gasteiger partial charge in [-0.25, -0.2) is 17.9 Å². The van der Waals surface area contributed by atoms with Crippen molar-refractivity contribution in [2.24, 2.45) is 7.05 Å². The molecule has 136 valence electrons. The average molecular weight is 357 g/mol. The van der Waals surface area contributed by atoms with Crippen LogP contribution in [0.1, 0.15) is 36.9 Å². The summed E-state index contributed by atoms with van der Waals surface area (Å²) in [4.78, 5) is 14.3. The van der Waals surface area contributed by atoms with E-state index >= 15 is 0 Å². The maximum Gasteiger partial charge on any atom is 0.317 e. The zero-order valence-electron chi connectivity index (χ0n) is 14.6. The summed E-state index contributed by atoms with van der Waals surface area (Å²) < 4.78 is 26.6. The molecular weight excluding hydrogens is 330 g/mol. The van der Waals surface area contributed by atoms with Gasteiger partial charge in [-0.1, -0.05) is 0 Å². The van der Waals surface area contributed by atoms with E-state index in [0.717, 1.165) is 36.8 Å². The van der Waals surface area contributed by atoms with Gasteiger partial charge in [0.1, 0.15) is 0 Å². The van der Waals surface area contributed by atoms with E-state index in [4.69, 9.17) is 0 Å². The number of sulfonamides is 1. The molecule has 0 saturated carbocycles. The maximum atomic E-state index is 12.5. The molecule has 9 heteroatoms. The first-order chi connectivity index (χ1) is 11.3. The number of piperidine rings is 1. The van der Waals surface area contributed by atoms with Gasteiger partial charge in [-0.3, -0.25) is 4.68 Å². The summed E-state index contributed by atoms with van der Waals surface area (Å²) in [6.45, 7) is 3.48. The highest BCUT2D eigenvalue weighted by Gasteiger charge is 2.26. The van der Waals surface area contributed by atoms with E-state index in [2.05, 4.69) is 15.1 Å². The van der Waals surface area contributed by atoms with Crippen LogP contribution >= 0.6 is 0 Å². The van der Waals surface area contributed by atoms with Crippen molar-refractivity contribution in [3.63, 3.8) is 0 Å². The zero-order chi connectivity index (χ0) is 17.7. The SMILES string of the molecule is Cc1c(CNC(=O)N2CCCCC2CCNS(C)(=O)=O)cnn1C. The molecule has 1 aliphatic heterocycles. The number of rotatable bonds is 6. The van der Waals surface area contributed by atoms with Crippen molar-refractivity contribution >= 4 is 16.1 Å². The molecule has 24 heavy (non-hydrogen) atoms. The van der Waals surface area contributed by atoms with Crippen molar-refractivity contribution in [1.82, 2.24) is 24.7 Å². The monoisotopic (exact) mass is 357 g/mol. The van der Waals surface area contributed by atoms with Crippen LogP contribution in [0.4, 0.5) is 4.79 Å². The van der Waals surface area contributed by atoms with Crippen LogP contribution in [0.2, 0.25) is 0 Å². The molecule has 0 aliphatic carbocycles. The normalized spacial score (nSPS) is 18.6. The van der Waals surface area contributed by atoms with Crippen LogP contribution in [-0.2, 0) is 23.6 Å². The predicted octanol–water partition coefficient (Wildman–Crippen LogP) is 0.732. The van der Waals surface area contributed by atoms with Gasteiger partial charge in [0, 0.05) is 44.0 Å². The lowest BCUT2D eigenvalue weighted by Gasteiger charge is -2.35. The highest BCUT2D eigenvalue weighted by molar-refractivity contribution is 7.88. The van der Waals surface area contributed by atoms with Gasteiger partial charge < -0.3 is 10.2 Å². The first-order valence-corrected chi connectivity index (χ1v) is 10.1. The average Bonchev–Trinajstić information content (AvgIpc) is 2.83. The minimum atomic E-state index is -3.19. The standard InChI is InChI=1S/C15H27N5O3S/c1-12-13(11-17-19(12)2)10-16-15(21)20-9-5-4-6-14(20)7-8-18-24(3,22)23/h11,14,18H,4-10H2,1-3H3,(H,16,21). The number of carbonyl (C=O) groups is 1. The quantitative estimate of drug-likeness (QED) is 0.784. The minimum Gasteiger partial charge on any atom is -0.334 e. The van der Waals surface area contributed by atoms with Crippen LogP contribution < -0.4 is 10.0 Å². The van der Waals surface area contributed by atoms with Gasteiger partial charge in [-0.05, 0) is 32.6 Å². The number of aryl methyl sites for hydroxylation is 1. The van der Waals surface area contributed by atoms with Crippen LogP contribution in [0, 0.1) is 6.92 Å². The molecular formula is C15H27N5O3S. The van der Waals surface area contributed by atoms with Crippen molar-refractivity contribution in [3.8, 4) is 0 Å².